The number of rotatable bonds is 3. The van der Waals surface area contributed by atoms with Crippen molar-refractivity contribution >= 4 is 22.6 Å². The molecule has 0 spiro atoms. The van der Waals surface area contributed by atoms with Crippen molar-refractivity contribution in [2.75, 3.05) is 7.11 Å². The fourth-order valence-corrected chi connectivity index (χ4v) is 1.12. The average molecular weight is 282 g/mol. The van der Waals surface area contributed by atoms with Gasteiger partial charge in [-0.25, -0.2) is 0 Å². The Morgan fingerprint density at radius 1 is 1.67 bits per heavy atom. The Kier molecular flexibility index (Phi) is 3.05. The van der Waals surface area contributed by atoms with Crippen LogP contribution in [0.15, 0.2) is 4.52 Å². The number of methoxy groups -OCH3 is 1. The topological polar surface area (TPSA) is 48.2 Å². The van der Waals surface area contributed by atoms with Crippen LogP contribution >= 0.6 is 22.6 Å². The summed E-state index contributed by atoms with van der Waals surface area (Å²) < 4.78 is 10.9. The second kappa shape index (κ2) is 3.69. The zero-order chi connectivity index (χ0) is 9.19. The maximum atomic E-state index is 5.29. The predicted molar refractivity (Wildman–Crippen MR) is 51.7 cm³/mol. The molecule has 1 heterocycles. The highest BCUT2D eigenvalue weighted by atomic mass is 127. The van der Waals surface area contributed by atoms with Gasteiger partial charge in [0.1, 0.15) is 5.60 Å². The van der Waals surface area contributed by atoms with Gasteiger partial charge in [-0.3, -0.25) is 0 Å². The summed E-state index contributed by atoms with van der Waals surface area (Å²) >= 11 is 2.00. The van der Waals surface area contributed by atoms with Gasteiger partial charge in [-0.1, -0.05) is 12.1 Å². The Balaban J connectivity index is 2.94. The predicted octanol–water partition coefficient (Wildman–Crippen LogP) is 1.95. The quantitative estimate of drug-likeness (QED) is 0.795. The number of aromatic nitrogens is 2. The molecule has 5 heteroatoms. The molecule has 1 aromatic rings. The number of hydrogen-bond donors (Lipinski definition) is 0. The lowest BCUT2D eigenvalue weighted by atomic mass is 10.0. The van der Waals surface area contributed by atoms with E-state index in [9.17, 15) is 0 Å². The highest BCUT2D eigenvalue weighted by molar-refractivity contribution is 14.1. The Morgan fingerprint density at radius 2 is 2.33 bits per heavy atom. The lowest BCUT2D eigenvalue weighted by Gasteiger charge is -2.21. The summed E-state index contributed by atoms with van der Waals surface area (Å²) in [5, 5.41) is 3.70. The normalized spacial score (nSPS) is 16.0. The Bertz CT molecular complexity index is 258. The van der Waals surface area contributed by atoms with Crippen LogP contribution in [0.5, 0.6) is 0 Å². The molecule has 1 rings (SSSR count). The lowest BCUT2D eigenvalue weighted by molar-refractivity contribution is -0.0272. The molecule has 0 radical (unpaired) electrons. The van der Waals surface area contributed by atoms with E-state index in [0.717, 1.165) is 6.42 Å². The van der Waals surface area contributed by atoms with Crippen molar-refractivity contribution in [2.24, 2.45) is 0 Å². The minimum atomic E-state index is -0.448. The summed E-state index contributed by atoms with van der Waals surface area (Å²) in [6.45, 7) is 3.94. The molecule has 1 atom stereocenters. The third-order valence-electron chi connectivity index (χ3n) is 1.98. The first-order chi connectivity index (χ1) is 5.62. The van der Waals surface area contributed by atoms with Gasteiger partial charge in [-0.05, 0) is 13.3 Å². The molecule has 12 heavy (non-hydrogen) atoms. The first-order valence-electron chi connectivity index (χ1n) is 3.67. The van der Waals surface area contributed by atoms with Crippen LogP contribution in [0.3, 0.4) is 0 Å². The van der Waals surface area contributed by atoms with E-state index >= 15 is 0 Å². The van der Waals surface area contributed by atoms with Crippen molar-refractivity contribution in [3.8, 4) is 0 Å². The molecule has 68 valence electrons. The van der Waals surface area contributed by atoms with Crippen LogP contribution < -0.4 is 0 Å². The summed E-state index contributed by atoms with van der Waals surface area (Å²) in [5.41, 5.74) is -0.448. The van der Waals surface area contributed by atoms with Crippen LogP contribution in [0.1, 0.15) is 26.2 Å². The molecule has 0 fully saturated rings. The van der Waals surface area contributed by atoms with Gasteiger partial charge >= 0.3 is 0 Å². The molecule has 0 aliphatic rings. The molecule has 1 aromatic heterocycles. The smallest absolute Gasteiger partial charge is 0.259 e. The van der Waals surface area contributed by atoms with Gasteiger partial charge < -0.3 is 9.26 Å². The fraction of sp³-hybridized carbons (Fsp3) is 0.714. The standard InChI is InChI=1S/C7H11IN2O2/c1-4-7(2,11-3)5-9-6(8)10-12-5/h4H2,1-3H3. The molecule has 0 N–H and O–H groups in total. The second-order valence-electron chi connectivity index (χ2n) is 2.66. The number of halogens is 1. The molecule has 4 nitrogen and oxygen atoms in total. The highest BCUT2D eigenvalue weighted by Gasteiger charge is 2.30. The van der Waals surface area contributed by atoms with Crippen molar-refractivity contribution in [2.45, 2.75) is 25.9 Å². The maximum absolute atomic E-state index is 5.29. The molecule has 0 aliphatic carbocycles. The second-order valence-corrected chi connectivity index (χ2v) is 3.62. The summed E-state index contributed by atoms with van der Waals surface area (Å²) in [5.74, 6) is 0.539. The van der Waals surface area contributed by atoms with Crippen molar-refractivity contribution in [1.29, 1.82) is 0 Å². The van der Waals surface area contributed by atoms with E-state index in [1.807, 2.05) is 36.4 Å². The van der Waals surface area contributed by atoms with Gasteiger partial charge in [0.25, 0.3) is 5.89 Å². The molecule has 0 saturated heterocycles. The van der Waals surface area contributed by atoms with Crippen LogP contribution in [-0.4, -0.2) is 17.3 Å². The highest BCUT2D eigenvalue weighted by Crippen LogP contribution is 2.26. The minimum Gasteiger partial charge on any atom is -0.369 e. The van der Waals surface area contributed by atoms with E-state index in [1.165, 1.54) is 0 Å². The Morgan fingerprint density at radius 3 is 2.67 bits per heavy atom. The first kappa shape index (κ1) is 9.91. The third kappa shape index (κ3) is 1.77. The molecule has 0 bridgehead atoms. The summed E-state index contributed by atoms with van der Waals surface area (Å²) in [7, 11) is 1.64. The molecule has 0 saturated carbocycles. The third-order valence-corrected chi connectivity index (χ3v) is 2.42. The summed E-state index contributed by atoms with van der Waals surface area (Å²) in [4.78, 5) is 4.11. The van der Waals surface area contributed by atoms with Crippen molar-refractivity contribution in [3.63, 3.8) is 0 Å². The van der Waals surface area contributed by atoms with Gasteiger partial charge in [0.15, 0.2) is 0 Å². The van der Waals surface area contributed by atoms with Gasteiger partial charge in [0, 0.05) is 29.7 Å². The first-order valence-corrected chi connectivity index (χ1v) is 4.75. The van der Waals surface area contributed by atoms with Crippen LogP contribution in [0.25, 0.3) is 0 Å². The molecule has 0 aliphatic heterocycles. The van der Waals surface area contributed by atoms with Gasteiger partial charge in [0.05, 0.1) is 0 Å². The molecule has 0 aromatic carbocycles. The largest absolute Gasteiger partial charge is 0.369 e. The van der Waals surface area contributed by atoms with Gasteiger partial charge in [-0.15, -0.1) is 0 Å². The maximum Gasteiger partial charge on any atom is 0.259 e. The van der Waals surface area contributed by atoms with E-state index in [1.54, 1.807) is 7.11 Å². The van der Waals surface area contributed by atoms with Gasteiger partial charge in [-0.2, -0.15) is 4.98 Å². The summed E-state index contributed by atoms with van der Waals surface area (Å²) in [6.07, 6.45) is 0.807. The lowest BCUT2D eigenvalue weighted by Crippen LogP contribution is -2.23. The average Bonchev–Trinajstić information content (AvgIpc) is 2.51. The Labute approximate surface area is 84.8 Å². The van der Waals surface area contributed by atoms with E-state index in [0.29, 0.717) is 9.72 Å². The van der Waals surface area contributed by atoms with Crippen molar-refractivity contribution < 1.29 is 9.26 Å². The van der Waals surface area contributed by atoms with Crippen molar-refractivity contribution in [3.05, 3.63) is 9.72 Å². The van der Waals surface area contributed by atoms with E-state index in [4.69, 9.17) is 9.26 Å². The summed E-state index contributed by atoms with van der Waals surface area (Å²) in [6, 6.07) is 0. The van der Waals surface area contributed by atoms with Crippen molar-refractivity contribution in [1.82, 2.24) is 10.1 Å². The molecular weight excluding hydrogens is 271 g/mol. The van der Waals surface area contributed by atoms with E-state index < -0.39 is 5.60 Å². The Hall–Kier alpha value is -0.170. The SMILES string of the molecule is CCC(C)(OC)c1nc(I)no1. The number of hydrogen-bond acceptors (Lipinski definition) is 4. The monoisotopic (exact) mass is 282 g/mol. The number of nitrogens with zero attached hydrogens (tertiary/aromatic N) is 2. The molecule has 1 unspecified atom stereocenters. The number of ether oxygens (including phenoxy) is 1. The van der Waals surface area contributed by atoms with Gasteiger partial charge in [0.2, 0.25) is 3.83 Å². The fourth-order valence-electron chi connectivity index (χ4n) is 0.803. The van der Waals surface area contributed by atoms with Crippen LogP contribution in [0.4, 0.5) is 0 Å². The van der Waals surface area contributed by atoms with Crippen LogP contribution in [0, 0.1) is 3.83 Å². The zero-order valence-electron chi connectivity index (χ0n) is 7.30. The minimum absolute atomic E-state index is 0.448. The van der Waals surface area contributed by atoms with E-state index in [2.05, 4.69) is 10.1 Å². The zero-order valence-corrected chi connectivity index (χ0v) is 9.45. The molecule has 0 amide bonds. The van der Waals surface area contributed by atoms with Crippen LogP contribution in [0.2, 0.25) is 0 Å². The van der Waals surface area contributed by atoms with Crippen LogP contribution in [-0.2, 0) is 10.3 Å². The van der Waals surface area contributed by atoms with E-state index in [-0.39, 0.29) is 0 Å². The molecular formula is C7H11IN2O2.